The average Bonchev–Trinajstić information content (AvgIpc) is 3.24. The van der Waals surface area contributed by atoms with E-state index in [4.69, 9.17) is 0 Å². The van der Waals surface area contributed by atoms with Crippen LogP contribution < -0.4 is 10.9 Å². The Balaban J connectivity index is 1.58. The third-order valence-corrected chi connectivity index (χ3v) is 5.66. The summed E-state index contributed by atoms with van der Waals surface area (Å²) in [7, 11) is 0. The summed E-state index contributed by atoms with van der Waals surface area (Å²) >= 11 is 0. The Morgan fingerprint density at radius 2 is 1.80 bits per heavy atom. The van der Waals surface area contributed by atoms with Gasteiger partial charge in [0.05, 0.1) is 5.39 Å². The zero-order valence-electron chi connectivity index (χ0n) is 17.4. The lowest BCUT2D eigenvalue weighted by Crippen LogP contribution is -2.34. The van der Waals surface area contributed by atoms with Crippen LogP contribution in [0.4, 0.5) is 5.69 Å². The molecule has 0 aliphatic carbocycles. The van der Waals surface area contributed by atoms with Crippen LogP contribution in [0, 0.1) is 0 Å². The highest BCUT2D eigenvalue weighted by molar-refractivity contribution is 6.04. The average molecular weight is 405 g/mol. The van der Waals surface area contributed by atoms with Crippen molar-refractivity contribution in [1.29, 1.82) is 0 Å². The summed E-state index contributed by atoms with van der Waals surface area (Å²) in [6, 6.07) is 17.6. The fourth-order valence-corrected chi connectivity index (χ4v) is 4.04. The number of hydrogen-bond acceptors (Lipinski definition) is 4. The van der Waals surface area contributed by atoms with Gasteiger partial charge in [-0.15, -0.1) is 0 Å². The summed E-state index contributed by atoms with van der Waals surface area (Å²) in [5.74, 6) is -0.104. The fraction of sp³-hybridized carbons (Fsp3) is 0.375. The van der Waals surface area contributed by atoms with Crippen LogP contribution in [-0.4, -0.2) is 39.7 Å². The highest BCUT2D eigenvalue weighted by Gasteiger charge is 2.29. The molecule has 0 radical (unpaired) electrons. The molecule has 6 nitrogen and oxygen atoms in total. The predicted octanol–water partition coefficient (Wildman–Crippen LogP) is 3.91. The van der Waals surface area contributed by atoms with E-state index in [1.165, 1.54) is 4.68 Å². The largest absolute Gasteiger partial charge is 0.380 e. The van der Waals surface area contributed by atoms with Gasteiger partial charge < -0.3 is 10.2 Å². The van der Waals surface area contributed by atoms with Crippen molar-refractivity contribution in [3.63, 3.8) is 0 Å². The molecular weight excluding hydrogens is 376 g/mol. The molecule has 1 amide bonds. The number of fused-ring (bicyclic) bond motifs is 1. The second kappa shape index (κ2) is 9.11. The first-order valence-electron chi connectivity index (χ1n) is 10.8. The number of unbranched alkanes of at least 4 members (excludes halogenated alkanes) is 2. The van der Waals surface area contributed by atoms with Gasteiger partial charge in [0, 0.05) is 36.7 Å². The molecule has 4 rings (SSSR count). The lowest BCUT2D eigenvalue weighted by Gasteiger charge is -2.19. The molecule has 1 N–H and O–H groups in total. The number of nitrogens with zero attached hydrogens (tertiary/aromatic N) is 3. The topological polar surface area (TPSA) is 67.2 Å². The molecule has 1 unspecified atom stereocenters. The van der Waals surface area contributed by atoms with Gasteiger partial charge in [0.25, 0.3) is 11.5 Å². The maximum Gasteiger partial charge on any atom is 0.275 e. The van der Waals surface area contributed by atoms with Crippen LogP contribution in [0.25, 0.3) is 10.8 Å². The number of aryl methyl sites for hydroxylation is 1. The normalized spacial score (nSPS) is 16.2. The Kier molecular flexibility index (Phi) is 6.12. The number of para-hydroxylation sites is 1. The smallest absolute Gasteiger partial charge is 0.275 e. The predicted molar refractivity (Wildman–Crippen MR) is 120 cm³/mol. The van der Waals surface area contributed by atoms with Gasteiger partial charge in [0.15, 0.2) is 5.69 Å². The molecule has 0 bridgehead atoms. The SMILES string of the molecule is CCCCCn1nc(C(=O)N2CCC(Nc3ccccc3)C2)c2ccccc2c1=O. The van der Waals surface area contributed by atoms with Gasteiger partial charge >= 0.3 is 0 Å². The minimum Gasteiger partial charge on any atom is -0.380 e. The Bertz CT molecular complexity index is 1080. The minimum absolute atomic E-state index is 0.104. The number of benzene rings is 2. The lowest BCUT2D eigenvalue weighted by atomic mass is 10.1. The van der Waals surface area contributed by atoms with E-state index in [0.29, 0.717) is 36.1 Å². The Morgan fingerprint density at radius 1 is 1.07 bits per heavy atom. The molecule has 30 heavy (non-hydrogen) atoms. The molecule has 2 heterocycles. The maximum absolute atomic E-state index is 13.4. The fourth-order valence-electron chi connectivity index (χ4n) is 4.04. The summed E-state index contributed by atoms with van der Waals surface area (Å²) < 4.78 is 1.47. The molecular formula is C24H28N4O2. The Hall–Kier alpha value is -3.15. The van der Waals surface area contributed by atoms with E-state index in [0.717, 1.165) is 31.4 Å². The molecule has 1 aromatic heterocycles. The van der Waals surface area contributed by atoms with Crippen molar-refractivity contribution in [1.82, 2.24) is 14.7 Å². The molecule has 1 fully saturated rings. The summed E-state index contributed by atoms with van der Waals surface area (Å²) in [5, 5.41) is 9.22. The van der Waals surface area contributed by atoms with Crippen molar-refractivity contribution in [2.24, 2.45) is 0 Å². The van der Waals surface area contributed by atoms with Crippen LogP contribution in [0.1, 0.15) is 43.1 Å². The highest BCUT2D eigenvalue weighted by atomic mass is 16.2. The van der Waals surface area contributed by atoms with Crippen LogP contribution in [0.2, 0.25) is 0 Å². The number of carbonyl (C=O) groups excluding carboxylic acids is 1. The van der Waals surface area contributed by atoms with Crippen LogP contribution >= 0.6 is 0 Å². The molecule has 1 saturated heterocycles. The first-order chi connectivity index (χ1) is 14.7. The second-order valence-electron chi connectivity index (χ2n) is 7.88. The summed E-state index contributed by atoms with van der Waals surface area (Å²) in [5.41, 5.74) is 1.32. The first-order valence-corrected chi connectivity index (χ1v) is 10.8. The number of hydrogen-bond donors (Lipinski definition) is 1. The third kappa shape index (κ3) is 4.22. The van der Waals surface area contributed by atoms with Crippen molar-refractivity contribution in [2.45, 2.75) is 45.2 Å². The maximum atomic E-state index is 13.4. The summed E-state index contributed by atoms with van der Waals surface area (Å²) in [6.07, 6.45) is 3.86. The highest BCUT2D eigenvalue weighted by Crippen LogP contribution is 2.20. The van der Waals surface area contributed by atoms with Crippen LogP contribution in [0.5, 0.6) is 0 Å². The molecule has 156 valence electrons. The Labute approximate surface area is 176 Å². The van der Waals surface area contributed by atoms with Gasteiger partial charge in [-0.2, -0.15) is 5.10 Å². The molecule has 1 atom stereocenters. The van der Waals surface area contributed by atoms with E-state index in [9.17, 15) is 9.59 Å². The number of anilines is 1. The number of aromatic nitrogens is 2. The van der Waals surface area contributed by atoms with Crippen LogP contribution in [-0.2, 0) is 6.54 Å². The van der Waals surface area contributed by atoms with Crippen molar-refractivity contribution in [3.05, 3.63) is 70.6 Å². The van der Waals surface area contributed by atoms with E-state index in [1.807, 2.05) is 53.4 Å². The van der Waals surface area contributed by atoms with E-state index >= 15 is 0 Å². The zero-order valence-corrected chi connectivity index (χ0v) is 17.4. The molecule has 0 saturated carbocycles. The third-order valence-electron chi connectivity index (χ3n) is 5.66. The molecule has 0 spiro atoms. The molecule has 2 aromatic carbocycles. The number of nitrogens with one attached hydrogen (secondary N) is 1. The van der Waals surface area contributed by atoms with Crippen LogP contribution in [0.3, 0.4) is 0 Å². The van der Waals surface area contributed by atoms with Crippen LogP contribution in [0.15, 0.2) is 59.4 Å². The number of amides is 1. The van der Waals surface area contributed by atoms with E-state index in [2.05, 4.69) is 17.3 Å². The van der Waals surface area contributed by atoms with Gasteiger partial charge in [-0.3, -0.25) is 9.59 Å². The monoisotopic (exact) mass is 404 g/mol. The second-order valence-corrected chi connectivity index (χ2v) is 7.88. The molecule has 1 aliphatic heterocycles. The molecule has 6 heteroatoms. The van der Waals surface area contributed by atoms with Gasteiger partial charge in [0.1, 0.15) is 0 Å². The zero-order chi connectivity index (χ0) is 20.9. The standard InChI is InChI=1S/C24H28N4O2/c1-2-3-9-15-28-23(29)21-13-8-7-12-20(21)22(26-28)24(30)27-16-14-19(17-27)25-18-10-5-4-6-11-18/h4-8,10-13,19,25H,2-3,9,14-17H2,1H3. The van der Waals surface area contributed by atoms with E-state index in [-0.39, 0.29) is 17.5 Å². The van der Waals surface area contributed by atoms with Crippen molar-refractivity contribution < 1.29 is 4.79 Å². The number of carbonyl (C=O) groups is 1. The molecule has 1 aliphatic rings. The van der Waals surface area contributed by atoms with E-state index in [1.54, 1.807) is 6.07 Å². The van der Waals surface area contributed by atoms with Gasteiger partial charge in [-0.05, 0) is 31.0 Å². The van der Waals surface area contributed by atoms with Crippen molar-refractivity contribution >= 4 is 22.4 Å². The van der Waals surface area contributed by atoms with Gasteiger partial charge in [0.2, 0.25) is 0 Å². The van der Waals surface area contributed by atoms with Gasteiger partial charge in [-0.1, -0.05) is 56.2 Å². The van der Waals surface area contributed by atoms with Gasteiger partial charge in [-0.25, -0.2) is 4.68 Å². The number of likely N-dealkylation sites (tertiary alicyclic amines) is 1. The first kappa shape index (κ1) is 20.1. The summed E-state index contributed by atoms with van der Waals surface area (Å²) in [6.45, 7) is 3.96. The molecule has 3 aromatic rings. The van der Waals surface area contributed by atoms with Crippen molar-refractivity contribution in [2.75, 3.05) is 18.4 Å². The minimum atomic E-state index is -0.122. The Morgan fingerprint density at radius 3 is 2.57 bits per heavy atom. The van der Waals surface area contributed by atoms with Crippen molar-refractivity contribution in [3.8, 4) is 0 Å². The summed E-state index contributed by atoms with van der Waals surface area (Å²) in [4.78, 5) is 28.1. The lowest BCUT2D eigenvalue weighted by molar-refractivity contribution is 0.0785. The quantitative estimate of drug-likeness (QED) is 0.606. The number of rotatable bonds is 7. The van der Waals surface area contributed by atoms with E-state index < -0.39 is 0 Å².